The van der Waals surface area contributed by atoms with E-state index in [9.17, 15) is 9.90 Å². The summed E-state index contributed by atoms with van der Waals surface area (Å²) in [7, 11) is 0. The average Bonchev–Trinajstić information content (AvgIpc) is 2.43. The summed E-state index contributed by atoms with van der Waals surface area (Å²) in [6.07, 6.45) is 16.5. The molecule has 0 aliphatic rings. The molecule has 3 heteroatoms. The lowest BCUT2D eigenvalue weighted by molar-refractivity contribution is -0.137. The van der Waals surface area contributed by atoms with Gasteiger partial charge in [0.2, 0.25) is 0 Å². The van der Waals surface area contributed by atoms with Gasteiger partial charge in [0.25, 0.3) is 0 Å². The molecule has 20 heavy (non-hydrogen) atoms. The van der Waals surface area contributed by atoms with Crippen LogP contribution in [0.4, 0.5) is 0 Å². The molecule has 0 fully saturated rings. The molecule has 0 aromatic rings. The first-order valence-corrected chi connectivity index (χ1v) is 8.21. The van der Waals surface area contributed by atoms with Gasteiger partial charge >= 0.3 is 5.97 Å². The molecule has 0 radical (unpaired) electrons. The van der Waals surface area contributed by atoms with E-state index in [4.69, 9.17) is 5.11 Å². The predicted molar refractivity (Wildman–Crippen MR) is 83.9 cm³/mol. The SMILES string of the molecule is CCC(O)CCCCCCC/C=C\CCCCC(=O)O. The van der Waals surface area contributed by atoms with Crippen LogP contribution in [0, 0.1) is 0 Å². The summed E-state index contributed by atoms with van der Waals surface area (Å²) in [6, 6.07) is 0. The molecule has 0 aromatic heterocycles. The number of aliphatic carboxylic acids is 1. The van der Waals surface area contributed by atoms with E-state index in [1.165, 1.54) is 25.7 Å². The molecule has 3 nitrogen and oxygen atoms in total. The topological polar surface area (TPSA) is 57.5 Å². The fourth-order valence-electron chi connectivity index (χ4n) is 2.15. The Hall–Kier alpha value is -0.830. The Morgan fingerprint density at radius 3 is 2.10 bits per heavy atom. The molecule has 0 saturated carbocycles. The van der Waals surface area contributed by atoms with Crippen LogP contribution in [0.15, 0.2) is 12.2 Å². The first-order valence-electron chi connectivity index (χ1n) is 8.21. The highest BCUT2D eigenvalue weighted by atomic mass is 16.4. The Balaban J connectivity index is 3.13. The van der Waals surface area contributed by atoms with Crippen molar-refractivity contribution in [3.05, 3.63) is 12.2 Å². The Morgan fingerprint density at radius 2 is 1.50 bits per heavy atom. The third-order valence-electron chi connectivity index (χ3n) is 3.56. The van der Waals surface area contributed by atoms with Gasteiger partial charge < -0.3 is 10.2 Å². The fourth-order valence-corrected chi connectivity index (χ4v) is 2.15. The second kappa shape index (κ2) is 14.6. The van der Waals surface area contributed by atoms with Crippen LogP contribution in [0.3, 0.4) is 0 Å². The highest BCUT2D eigenvalue weighted by molar-refractivity contribution is 5.66. The van der Waals surface area contributed by atoms with Gasteiger partial charge in [0.15, 0.2) is 0 Å². The second-order valence-corrected chi connectivity index (χ2v) is 5.52. The summed E-state index contributed by atoms with van der Waals surface area (Å²) in [5.74, 6) is -0.694. The molecule has 0 saturated heterocycles. The minimum atomic E-state index is -0.694. The van der Waals surface area contributed by atoms with E-state index < -0.39 is 5.97 Å². The molecule has 0 aromatic carbocycles. The average molecular weight is 284 g/mol. The van der Waals surface area contributed by atoms with E-state index in [1.54, 1.807) is 0 Å². The second-order valence-electron chi connectivity index (χ2n) is 5.52. The van der Waals surface area contributed by atoms with Gasteiger partial charge in [-0.05, 0) is 44.9 Å². The van der Waals surface area contributed by atoms with Gasteiger partial charge in [-0.2, -0.15) is 0 Å². The van der Waals surface area contributed by atoms with Crippen LogP contribution in [0.5, 0.6) is 0 Å². The van der Waals surface area contributed by atoms with Gasteiger partial charge in [-0.15, -0.1) is 0 Å². The molecule has 0 amide bonds. The van der Waals surface area contributed by atoms with Crippen LogP contribution in [0.2, 0.25) is 0 Å². The monoisotopic (exact) mass is 284 g/mol. The maximum absolute atomic E-state index is 10.3. The van der Waals surface area contributed by atoms with E-state index in [1.807, 2.05) is 6.92 Å². The van der Waals surface area contributed by atoms with Gasteiger partial charge in [-0.1, -0.05) is 44.8 Å². The smallest absolute Gasteiger partial charge is 0.303 e. The van der Waals surface area contributed by atoms with Crippen molar-refractivity contribution in [2.75, 3.05) is 0 Å². The lowest BCUT2D eigenvalue weighted by Gasteiger charge is -2.06. The number of hydrogen-bond donors (Lipinski definition) is 2. The number of hydrogen-bond acceptors (Lipinski definition) is 2. The number of rotatable bonds is 14. The zero-order valence-electron chi connectivity index (χ0n) is 13.0. The summed E-state index contributed by atoms with van der Waals surface area (Å²) < 4.78 is 0. The first kappa shape index (κ1) is 19.2. The number of allylic oxidation sites excluding steroid dienone is 2. The van der Waals surface area contributed by atoms with E-state index in [0.29, 0.717) is 6.42 Å². The largest absolute Gasteiger partial charge is 0.481 e. The van der Waals surface area contributed by atoms with Crippen molar-refractivity contribution in [3.8, 4) is 0 Å². The van der Waals surface area contributed by atoms with Crippen LogP contribution in [0.1, 0.15) is 84.0 Å². The van der Waals surface area contributed by atoms with Crippen molar-refractivity contribution < 1.29 is 15.0 Å². The van der Waals surface area contributed by atoms with Crippen LogP contribution >= 0.6 is 0 Å². The van der Waals surface area contributed by atoms with E-state index in [2.05, 4.69) is 12.2 Å². The van der Waals surface area contributed by atoms with Crippen LogP contribution < -0.4 is 0 Å². The molecule has 118 valence electrons. The summed E-state index contributed by atoms with van der Waals surface area (Å²) in [6.45, 7) is 2.03. The van der Waals surface area contributed by atoms with Crippen LogP contribution in [0.25, 0.3) is 0 Å². The zero-order valence-corrected chi connectivity index (χ0v) is 13.0. The number of carboxylic acids is 1. The Labute approximate surface area is 124 Å². The predicted octanol–water partition coefficient (Wildman–Crippen LogP) is 4.69. The standard InChI is InChI=1S/C17H32O3/c1-2-16(18)14-12-10-8-6-4-3-5-7-9-11-13-15-17(19)20/h5,7,16,18H,2-4,6,8-15H2,1H3,(H,19,20)/b7-5-. The molecule has 0 bridgehead atoms. The lowest BCUT2D eigenvalue weighted by Crippen LogP contribution is -2.03. The van der Waals surface area contributed by atoms with Crippen molar-refractivity contribution in [3.63, 3.8) is 0 Å². The highest BCUT2D eigenvalue weighted by Crippen LogP contribution is 2.10. The minimum absolute atomic E-state index is 0.0981. The van der Waals surface area contributed by atoms with Gasteiger partial charge in [-0.3, -0.25) is 4.79 Å². The zero-order chi connectivity index (χ0) is 15.1. The number of aliphatic hydroxyl groups excluding tert-OH is 1. The summed E-state index contributed by atoms with van der Waals surface area (Å²) >= 11 is 0. The molecule has 0 aliphatic carbocycles. The first-order chi connectivity index (χ1) is 9.66. The van der Waals surface area contributed by atoms with Gasteiger partial charge in [-0.25, -0.2) is 0 Å². The number of carboxylic acid groups (broad SMARTS) is 1. The maximum atomic E-state index is 10.3. The molecule has 1 atom stereocenters. The number of aliphatic hydroxyl groups is 1. The van der Waals surface area contributed by atoms with Crippen molar-refractivity contribution >= 4 is 5.97 Å². The molecule has 1 unspecified atom stereocenters. The van der Waals surface area contributed by atoms with Crippen molar-refractivity contribution in [1.29, 1.82) is 0 Å². The quantitative estimate of drug-likeness (QED) is 0.359. The molecule has 0 aliphatic heterocycles. The highest BCUT2D eigenvalue weighted by Gasteiger charge is 1.99. The van der Waals surface area contributed by atoms with E-state index in [0.717, 1.165) is 44.9 Å². The van der Waals surface area contributed by atoms with Crippen molar-refractivity contribution in [2.24, 2.45) is 0 Å². The molecule has 0 heterocycles. The molecule has 0 spiro atoms. The van der Waals surface area contributed by atoms with E-state index in [-0.39, 0.29) is 6.10 Å². The third-order valence-corrected chi connectivity index (χ3v) is 3.56. The van der Waals surface area contributed by atoms with Gasteiger partial charge in [0.1, 0.15) is 0 Å². The molecule has 2 N–H and O–H groups in total. The van der Waals surface area contributed by atoms with Gasteiger partial charge in [0.05, 0.1) is 6.10 Å². The fraction of sp³-hybridized carbons (Fsp3) is 0.824. The Bertz CT molecular complexity index is 249. The van der Waals surface area contributed by atoms with Crippen LogP contribution in [-0.4, -0.2) is 22.3 Å². The third kappa shape index (κ3) is 15.2. The Morgan fingerprint density at radius 1 is 0.950 bits per heavy atom. The van der Waals surface area contributed by atoms with Crippen molar-refractivity contribution in [2.45, 2.75) is 90.1 Å². The lowest BCUT2D eigenvalue weighted by atomic mass is 10.1. The number of unbranched alkanes of at least 4 members (excludes halogenated alkanes) is 7. The normalized spacial score (nSPS) is 12.9. The summed E-state index contributed by atoms with van der Waals surface area (Å²) in [5.41, 5.74) is 0. The molecular formula is C17H32O3. The molecular weight excluding hydrogens is 252 g/mol. The maximum Gasteiger partial charge on any atom is 0.303 e. The van der Waals surface area contributed by atoms with Crippen LogP contribution in [-0.2, 0) is 4.79 Å². The van der Waals surface area contributed by atoms with E-state index >= 15 is 0 Å². The van der Waals surface area contributed by atoms with Gasteiger partial charge in [0, 0.05) is 6.42 Å². The summed E-state index contributed by atoms with van der Waals surface area (Å²) in [4.78, 5) is 10.3. The summed E-state index contributed by atoms with van der Waals surface area (Å²) in [5, 5.41) is 17.9. The number of carbonyl (C=O) groups is 1. The van der Waals surface area contributed by atoms with Crippen molar-refractivity contribution in [1.82, 2.24) is 0 Å². The molecule has 0 rings (SSSR count). The minimum Gasteiger partial charge on any atom is -0.481 e. The Kier molecular flexibility index (Phi) is 14.0.